The number of benzene rings is 2. The lowest BCUT2D eigenvalue weighted by Gasteiger charge is -2.08. The van der Waals surface area contributed by atoms with Gasteiger partial charge in [-0.25, -0.2) is 4.39 Å². The van der Waals surface area contributed by atoms with Crippen LogP contribution in [0.1, 0.15) is 11.1 Å². The molecule has 0 aliphatic heterocycles. The molecule has 0 saturated heterocycles. The number of halogens is 2. The first kappa shape index (κ1) is 13.3. The SMILES string of the molecule is Cc1ccc(-n2c(=S)[nH]c3cc(F)c(Cl)cc32)cc1C. The molecular weight excluding hydrogens is 295 g/mol. The summed E-state index contributed by atoms with van der Waals surface area (Å²) in [6, 6.07) is 9.04. The predicted octanol–water partition coefficient (Wildman–Crippen LogP) is 5.10. The quantitative estimate of drug-likeness (QED) is 0.620. The molecule has 1 N–H and O–H groups in total. The normalized spacial score (nSPS) is 11.2. The molecule has 0 bridgehead atoms. The second-order valence-electron chi connectivity index (χ2n) is 4.82. The second kappa shape index (κ2) is 4.72. The smallest absolute Gasteiger partial charge is 0.182 e. The number of rotatable bonds is 1. The van der Waals surface area contributed by atoms with Gasteiger partial charge in [-0.05, 0) is 55.4 Å². The van der Waals surface area contributed by atoms with Crippen LogP contribution < -0.4 is 0 Å². The standard InChI is InChI=1S/C15H12ClFN2S/c1-8-3-4-10(5-9(8)2)19-14-6-11(16)12(17)7-13(14)18-15(19)20/h3-7H,1-2H3,(H,18,20). The Labute approximate surface area is 125 Å². The molecular formula is C15H12ClFN2S. The summed E-state index contributed by atoms with van der Waals surface area (Å²) in [4.78, 5) is 3.01. The Morgan fingerprint density at radius 1 is 1.15 bits per heavy atom. The third-order valence-corrected chi connectivity index (χ3v) is 4.05. The first-order valence-corrected chi connectivity index (χ1v) is 6.93. The minimum Gasteiger partial charge on any atom is -0.330 e. The molecule has 20 heavy (non-hydrogen) atoms. The van der Waals surface area contributed by atoms with Gasteiger partial charge in [0.25, 0.3) is 0 Å². The summed E-state index contributed by atoms with van der Waals surface area (Å²) in [6.45, 7) is 4.10. The van der Waals surface area contributed by atoms with E-state index in [0.717, 1.165) is 11.2 Å². The van der Waals surface area contributed by atoms with E-state index in [9.17, 15) is 4.39 Å². The van der Waals surface area contributed by atoms with Crippen LogP contribution in [0.15, 0.2) is 30.3 Å². The Morgan fingerprint density at radius 3 is 2.60 bits per heavy atom. The highest BCUT2D eigenvalue weighted by molar-refractivity contribution is 7.71. The van der Waals surface area contributed by atoms with E-state index in [1.165, 1.54) is 17.2 Å². The molecule has 1 heterocycles. The van der Waals surface area contributed by atoms with E-state index in [1.807, 2.05) is 23.6 Å². The van der Waals surface area contributed by atoms with E-state index >= 15 is 0 Å². The Morgan fingerprint density at radius 2 is 1.90 bits per heavy atom. The molecule has 0 aliphatic carbocycles. The largest absolute Gasteiger partial charge is 0.330 e. The van der Waals surface area contributed by atoms with Gasteiger partial charge >= 0.3 is 0 Å². The molecule has 102 valence electrons. The minimum atomic E-state index is -0.456. The van der Waals surface area contributed by atoms with Crippen LogP contribution >= 0.6 is 23.8 Å². The summed E-state index contributed by atoms with van der Waals surface area (Å²) in [5, 5.41) is 0.0871. The molecule has 3 rings (SSSR count). The van der Waals surface area contributed by atoms with Crippen molar-refractivity contribution in [2.75, 3.05) is 0 Å². The van der Waals surface area contributed by atoms with E-state index in [-0.39, 0.29) is 5.02 Å². The zero-order valence-corrected chi connectivity index (χ0v) is 12.6. The van der Waals surface area contributed by atoms with E-state index in [0.29, 0.717) is 10.3 Å². The number of fused-ring (bicyclic) bond motifs is 1. The van der Waals surface area contributed by atoms with Crippen molar-refractivity contribution in [3.05, 3.63) is 57.1 Å². The topological polar surface area (TPSA) is 20.7 Å². The summed E-state index contributed by atoms with van der Waals surface area (Å²) in [7, 11) is 0. The maximum atomic E-state index is 13.5. The third-order valence-electron chi connectivity index (χ3n) is 3.47. The van der Waals surface area contributed by atoms with Crippen molar-refractivity contribution in [3.63, 3.8) is 0 Å². The summed E-state index contributed by atoms with van der Waals surface area (Å²) < 4.78 is 15.9. The van der Waals surface area contributed by atoms with E-state index in [2.05, 4.69) is 18.0 Å². The van der Waals surface area contributed by atoms with Crippen LogP contribution in [0.25, 0.3) is 16.7 Å². The molecule has 0 spiro atoms. The Kier molecular flexibility index (Phi) is 3.15. The van der Waals surface area contributed by atoms with Gasteiger partial charge in [-0.3, -0.25) is 4.57 Å². The highest BCUT2D eigenvalue weighted by Gasteiger charge is 2.10. The van der Waals surface area contributed by atoms with E-state index in [4.69, 9.17) is 23.8 Å². The molecule has 1 aromatic heterocycles. The van der Waals surface area contributed by atoms with Crippen LogP contribution in [0.4, 0.5) is 4.39 Å². The summed E-state index contributed by atoms with van der Waals surface area (Å²) >= 11 is 11.2. The average Bonchev–Trinajstić information content (AvgIpc) is 2.69. The van der Waals surface area contributed by atoms with Gasteiger partial charge in [0, 0.05) is 11.8 Å². The van der Waals surface area contributed by atoms with Gasteiger partial charge < -0.3 is 4.98 Å². The van der Waals surface area contributed by atoms with Crippen LogP contribution in [-0.4, -0.2) is 9.55 Å². The number of aromatic nitrogens is 2. The Balaban J connectivity index is 2.35. The first-order chi connectivity index (χ1) is 9.47. The van der Waals surface area contributed by atoms with E-state index in [1.54, 1.807) is 6.07 Å². The van der Waals surface area contributed by atoms with Crippen molar-refractivity contribution >= 4 is 34.9 Å². The first-order valence-electron chi connectivity index (χ1n) is 6.15. The highest BCUT2D eigenvalue weighted by atomic mass is 35.5. The number of aryl methyl sites for hydroxylation is 2. The molecule has 0 radical (unpaired) electrons. The zero-order chi connectivity index (χ0) is 14.4. The van der Waals surface area contributed by atoms with Crippen molar-refractivity contribution in [2.45, 2.75) is 13.8 Å². The number of aromatic amines is 1. The fourth-order valence-electron chi connectivity index (χ4n) is 2.22. The third kappa shape index (κ3) is 2.05. The van der Waals surface area contributed by atoms with Crippen molar-refractivity contribution in [1.82, 2.24) is 9.55 Å². The van der Waals surface area contributed by atoms with Gasteiger partial charge in [-0.15, -0.1) is 0 Å². The fourth-order valence-corrected chi connectivity index (χ4v) is 2.69. The van der Waals surface area contributed by atoms with Crippen LogP contribution in [0, 0.1) is 24.4 Å². The van der Waals surface area contributed by atoms with Crippen LogP contribution in [0.2, 0.25) is 5.02 Å². The Bertz CT molecular complexity index is 879. The summed E-state index contributed by atoms with van der Waals surface area (Å²) in [6.07, 6.45) is 0. The number of nitrogens with zero attached hydrogens (tertiary/aromatic N) is 1. The van der Waals surface area contributed by atoms with Crippen LogP contribution in [-0.2, 0) is 0 Å². The van der Waals surface area contributed by atoms with Gasteiger partial charge in [-0.1, -0.05) is 17.7 Å². The number of H-pyrrole nitrogens is 1. The lowest BCUT2D eigenvalue weighted by atomic mass is 10.1. The van der Waals surface area contributed by atoms with Gasteiger partial charge in [0.1, 0.15) is 5.82 Å². The molecule has 0 amide bonds. The van der Waals surface area contributed by atoms with E-state index < -0.39 is 5.82 Å². The molecule has 0 saturated carbocycles. The Hall–Kier alpha value is -1.65. The second-order valence-corrected chi connectivity index (χ2v) is 5.61. The van der Waals surface area contributed by atoms with Gasteiger partial charge in [0.15, 0.2) is 4.77 Å². The average molecular weight is 307 g/mol. The zero-order valence-electron chi connectivity index (χ0n) is 11.0. The maximum absolute atomic E-state index is 13.5. The van der Waals surface area contributed by atoms with Gasteiger partial charge in [0.05, 0.1) is 16.1 Å². The molecule has 3 aromatic rings. The molecule has 5 heteroatoms. The number of hydrogen-bond donors (Lipinski definition) is 1. The number of imidazole rings is 1. The fraction of sp³-hybridized carbons (Fsp3) is 0.133. The summed E-state index contributed by atoms with van der Waals surface area (Å²) in [5.41, 5.74) is 4.72. The van der Waals surface area contributed by atoms with Crippen molar-refractivity contribution in [1.29, 1.82) is 0 Å². The molecule has 2 aromatic carbocycles. The number of hydrogen-bond acceptors (Lipinski definition) is 1. The molecule has 0 fully saturated rings. The van der Waals surface area contributed by atoms with Crippen molar-refractivity contribution in [3.8, 4) is 5.69 Å². The maximum Gasteiger partial charge on any atom is 0.182 e. The van der Waals surface area contributed by atoms with Crippen LogP contribution in [0.5, 0.6) is 0 Å². The highest BCUT2D eigenvalue weighted by Crippen LogP contribution is 2.26. The van der Waals surface area contributed by atoms with Gasteiger partial charge in [-0.2, -0.15) is 0 Å². The van der Waals surface area contributed by atoms with Gasteiger partial charge in [0.2, 0.25) is 0 Å². The van der Waals surface area contributed by atoms with Crippen LogP contribution in [0.3, 0.4) is 0 Å². The summed E-state index contributed by atoms with van der Waals surface area (Å²) in [5.74, 6) is -0.456. The predicted molar refractivity (Wildman–Crippen MR) is 82.9 cm³/mol. The lowest BCUT2D eigenvalue weighted by molar-refractivity contribution is 0.630. The lowest BCUT2D eigenvalue weighted by Crippen LogP contribution is -1.95. The molecule has 0 atom stereocenters. The number of nitrogens with one attached hydrogen (secondary N) is 1. The van der Waals surface area contributed by atoms with Crippen molar-refractivity contribution < 1.29 is 4.39 Å². The monoisotopic (exact) mass is 306 g/mol. The molecule has 0 unspecified atom stereocenters. The minimum absolute atomic E-state index is 0.0871. The molecule has 2 nitrogen and oxygen atoms in total. The van der Waals surface area contributed by atoms with Crippen molar-refractivity contribution in [2.24, 2.45) is 0 Å². The molecule has 0 aliphatic rings.